The van der Waals surface area contributed by atoms with Gasteiger partial charge in [0.05, 0.1) is 0 Å². The van der Waals surface area contributed by atoms with Crippen LogP contribution in [0.15, 0.2) is 35.1 Å². The Balaban J connectivity index is 2.25. The molecular formula is C13H19NO. The van der Waals surface area contributed by atoms with E-state index in [0.717, 1.165) is 19.4 Å². The van der Waals surface area contributed by atoms with Crippen LogP contribution in [-0.2, 0) is 0 Å². The highest BCUT2D eigenvalue weighted by Crippen LogP contribution is 2.24. The highest BCUT2D eigenvalue weighted by molar-refractivity contribution is 5.36. The van der Waals surface area contributed by atoms with Crippen LogP contribution < -0.4 is 0 Å². The molecule has 0 atom stereocenters. The Morgan fingerprint density at radius 2 is 2.20 bits per heavy atom. The van der Waals surface area contributed by atoms with Crippen molar-refractivity contribution >= 4 is 0 Å². The summed E-state index contributed by atoms with van der Waals surface area (Å²) in [4.78, 5) is 2.37. The van der Waals surface area contributed by atoms with Gasteiger partial charge in [0.2, 0.25) is 0 Å². The van der Waals surface area contributed by atoms with Gasteiger partial charge in [0.25, 0.3) is 0 Å². The van der Waals surface area contributed by atoms with Gasteiger partial charge in [-0.2, -0.15) is 0 Å². The third-order valence-corrected chi connectivity index (χ3v) is 3.13. The first-order chi connectivity index (χ1) is 7.25. The van der Waals surface area contributed by atoms with E-state index >= 15 is 0 Å². The molecule has 0 radical (unpaired) electrons. The zero-order valence-electron chi connectivity index (χ0n) is 9.37. The van der Waals surface area contributed by atoms with E-state index in [1.165, 1.54) is 30.5 Å². The zero-order valence-corrected chi connectivity index (χ0v) is 9.37. The topological polar surface area (TPSA) is 23.5 Å². The lowest BCUT2D eigenvalue weighted by Gasteiger charge is -2.23. The van der Waals surface area contributed by atoms with E-state index in [1.807, 2.05) is 12.2 Å². The van der Waals surface area contributed by atoms with Crippen molar-refractivity contribution in [1.82, 2.24) is 4.90 Å². The molecule has 0 aromatic rings. The number of rotatable bonds is 0. The Kier molecular flexibility index (Phi) is 3.27. The van der Waals surface area contributed by atoms with Crippen LogP contribution in [0.5, 0.6) is 0 Å². The predicted octanol–water partition coefficient (Wildman–Crippen LogP) is 2.80. The summed E-state index contributed by atoms with van der Waals surface area (Å²) >= 11 is 0. The van der Waals surface area contributed by atoms with Gasteiger partial charge < -0.3 is 10.0 Å². The molecule has 2 aliphatic rings. The van der Waals surface area contributed by atoms with Gasteiger partial charge in [-0.05, 0) is 62.6 Å². The van der Waals surface area contributed by atoms with Crippen LogP contribution in [0, 0.1) is 0 Å². The van der Waals surface area contributed by atoms with E-state index in [1.54, 1.807) is 0 Å². The van der Waals surface area contributed by atoms with Crippen molar-refractivity contribution in [1.29, 1.82) is 0 Å². The molecule has 1 aliphatic carbocycles. The van der Waals surface area contributed by atoms with Gasteiger partial charge in [0.1, 0.15) is 5.76 Å². The summed E-state index contributed by atoms with van der Waals surface area (Å²) in [7, 11) is 2.17. The van der Waals surface area contributed by atoms with Crippen LogP contribution in [0.1, 0.15) is 25.7 Å². The molecule has 0 fully saturated rings. The second kappa shape index (κ2) is 4.67. The zero-order chi connectivity index (χ0) is 10.7. The van der Waals surface area contributed by atoms with Crippen LogP contribution in [0.2, 0.25) is 0 Å². The first kappa shape index (κ1) is 10.5. The van der Waals surface area contributed by atoms with E-state index in [4.69, 9.17) is 0 Å². The minimum atomic E-state index is 0.406. The monoisotopic (exact) mass is 205 g/mol. The summed E-state index contributed by atoms with van der Waals surface area (Å²) in [6, 6.07) is 0. The van der Waals surface area contributed by atoms with E-state index in [9.17, 15) is 5.11 Å². The smallest absolute Gasteiger partial charge is 0.115 e. The fraction of sp³-hybridized carbons (Fsp3) is 0.538. The van der Waals surface area contributed by atoms with Crippen molar-refractivity contribution in [2.75, 3.05) is 20.1 Å². The molecule has 2 rings (SSSR count). The van der Waals surface area contributed by atoms with E-state index in [0.29, 0.717) is 5.76 Å². The minimum absolute atomic E-state index is 0.406. The van der Waals surface area contributed by atoms with Gasteiger partial charge >= 0.3 is 0 Å². The van der Waals surface area contributed by atoms with Crippen LogP contribution >= 0.6 is 0 Å². The molecule has 1 N–H and O–H groups in total. The van der Waals surface area contributed by atoms with Gasteiger partial charge in [-0.25, -0.2) is 0 Å². The fourth-order valence-corrected chi connectivity index (χ4v) is 2.30. The number of aliphatic hydroxyl groups is 1. The van der Waals surface area contributed by atoms with E-state index in [2.05, 4.69) is 18.0 Å². The molecule has 15 heavy (non-hydrogen) atoms. The van der Waals surface area contributed by atoms with Crippen LogP contribution in [0.25, 0.3) is 0 Å². The molecule has 0 saturated heterocycles. The third-order valence-electron chi connectivity index (χ3n) is 3.13. The van der Waals surface area contributed by atoms with Crippen molar-refractivity contribution < 1.29 is 5.11 Å². The normalized spacial score (nSPS) is 23.9. The Morgan fingerprint density at radius 3 is 3.07 bits per heavy atom. The molecule has 0 unspecified atom stereocenters. The van der Waals surface area contributed by atoms with Gasteiger partial charge in [0, 0.05) is 6.54 Å². The summed E-state index contributed by atoms with van der Waals surface area (Å²) in [6.45, 7) is 2.24. The highest BCUT2D eigenvalue weighted by atomic mass is 16.3. The van der Waals surface area contributed by atoms with Crippen molar-refractivity contribution in [3.8, 4) is 0 Å². The Morgan fingerprint density at radius 1 is 1.33 bits per heavy atom. The quantitative estimate of drug-likeness (QED) is 0.657. The molecule has 0 amide bonds. The van der Waals surface area contributed by atoms with E-state index in [-0.39, 0.29) is 0 Å². The first-order valence-electron chi connectivity index (χ1n) is 5.72. The molecular weight excluding hydrogens is 186 g/mol. The summed E-state index contributed by atoms with van der Waals surface area (Å²) in [6.07, 6.45) is 10.4. The fourth-order valence-electron chi connectivity index (χ4n) is 2.30. The molecule has 0 bridgehead atoms. The summed E-state index contributed by atoms with van der Waals surface area (Å²) in [5.41, 5.74) is 2.82. The van der Waals surface area contributed by atoms with Crippen molar-refractivity contribution in [2.45, 2.75) is 25.7 Å². The van der Waals surface area contributed by atoms with Crippen LogP contribution in [0.3, 0.4) is 0 Å². The molecule has 0 aromatic heterocycles. The maximum atomic E-state index is 9.58. The number of hydrogen-bond acceptors (Lipinski definition) is 2. The molecule has 0 aromatic carbocycles. The minimum Gasteiger partial charge on any atom is -0.508 e. The molecule has 0 saturated carbocycles. The maximum absolute atomic E-state index is 9.58. The van der Waals surface area contributed by atoms with Crippen molar-refractivity contribution in [2.24, 2.45) is 0 Å². The number of hydrogen-bond donors (Lipinski definition) is 1. The van der Waals surface area contributed by atoms with E-state index < -0.39 is 0 Å². The Hall–Kier alpha value is -1.02. The lowest BCUT2D eigenvalue weighted by Crippen LogP contribution is -2.24. The molecule has 2 heteroatoms. The number of nitrogens with zero attached hydrogens (tertiary/aromatic N) is 1. The van der Waals surface area contributed by atoms with Crippen LogP contribution in [-0.4, -0.2) is 30.1 Å². The average Bonchev–Trinajstić information content (AvgIpc) is 2.33. The highest BCUT2D eigenvalue weighted by Gasteiger charge is 2.12. The molecule has 1 heterocycles. The number of aliphatic hydroxyl groups excluding tert-OH is 1. The molecule has 1 aliphatic heterocycles. The molecule has 2 nitrogen and oxygen atoms in total. The standard InChI is InChI=1S/C13H19NO/c1-14-8-3-2-5-11-9-13(15)7-4-6-12(11)10-14/h4,7,9,15H,2-3,5-6,8,10H2,1H3. The largest absolute Gasteiger partial charge is 0.508 e. The van der Waals surface area contributed by atoms with Crippen LogP contribution in [0.4, 0.5) is 0 Å². The molecule has 82 valence electrons. The predicted molar refractivity (Wildman–Crippen MR) is 62.8 cm³/mol. The lowest BCUT2D eigenvalue weighted by molar-refractivity contribution is 0.342. The summed E-state index contributed by atoms with van der Waals surface area (Å²) in [5.74, 6) is 0.406. The Labute approximate surface area is 91.6 Å². The second-order valence-corrected chi connectivity index (χ2v) is 4.50. The third kappa shape index (κ3) is 2.72. The van der Waals surface area contributed by atoms with Gasteiger partial charge in [-0.3, -0.25) is 0 Å². The van der Waals surface area contributed by atoms with Gasteiger partial charge in [-0.1, -0.05) is 6.08 Å². The SMILES string of the molecule is CN1CCCCC2=C(CC=CC(O)=C2)C1. The lowest BCUT2D eigenvalue weighted by atomic mass is 9.98. The number of allylic oxidation sites excluding steroid dienone is 4. The first-order valence-corrected chi connectivity index (χ1v) is 5.72. The Bertz CT molecular complexity index is 325. The van der Waals surface area contributed by atoms with Gasteiger partial charge in [-0.15, -0.1) is 0 Å². The second-order valence-electron chi connectivity index (χ2n) is 4.50. The maximum Gasteiger partial charge on any atom is 0.115 e. The molecule has 0 spiro atoms. The summed E-state index contributed by atoms with van der Waals surface area (Å²) in [5, 5.41) is 9.58. The average molecular weight is 205 g/mol. The summed E-state index contributed by atoms with van der Waals surface area (Å²) < 4.78 is 0. The van der Waals surface area contributed by atoms with Crippen molar-refractivity contribution in [3.63, 3.8) is 0 Å². The van der Waals surface area contributed by atoms with Crippen molar-refractivity contribution in [3.05, 3.63) is 35.1 Å². The van der Waals surface area contributed by atoms with Gasteiger partial charge in [0.15, 0.2) is 0 Å². The number of likely N-dealkylation sites (N-methyl/N-ethyl adjacent to an activating group) is 1.